The molecule has 6 heteroatoms. The highest BCUT2D eigenvalue weighted by molar-refractivity contribution is 9.10. The Hall–Kier alpha value is -1.69. The number of aryl methyl sites for hydroxylation is 1. The zero-order valence-corrected chi connectivity index (χ0v) is 11.1. The first-order valence-electron chi connectivity index (χ1n) is 5.17. The van der Waals surface area contributed by atoms with E-state index < -0.39 is 11.8 Å². The number of nitrogens with zero attached hydrogens (tertiary/aromatic N) is 2. The van der Waals surface area contributed by atoms with Gasteiger partial charge < -0.3 is 5.11 Å². The number of rotatable bonds is 3. The molecule has 0 saturated heterocycles. The maximum absolute atomic E-state index is 13.7. The summed E-state index contributed by atoms with van der Waals surface area (Å²) in [5.74, 6) is -1.34. The molecule has 0 fully saturated rings. The van der Waals surface area contributed by atoms with Crippen molar-refractivity contribution in [3.05, 3.63) is 40.2 Å². The van der Waals surface area contributed by atoms with Crippen molar-refractivity contribution in [3.63, 3.8) is 0 Å². The van der Waals surface area contributed by atoms with Gasteiger partial charge in [-0.05, 0) is 24.3 Å². The van der Waals surface area contributed by atoms with Crippen molar-refractivity contribution >= 4 is 21.9 Å². The van der Waals surface area contributed by atoms with Gasteiger partial charge in [0.25, 0.3) is 0 Å². The molecule has 1 heterocycles. The van der Waals surface area contributed by atoms with Crippen LogP contribution in [0, 0.1) is 5.82 Å². The number of carboxylic acids is 1. The van der Waals surface area contributed by atoms with Crippen molar-refractivity contribution in [1.29, 1.82) is 0 Å². The summed E-state index contributed by atoms with van der Waals surface area (Å²) in [7, 11) is 1.64. The van der Waals surface area contributed by atoms with Gasteiger partial charge in [-0.2, -0.15) is 5.10 Å². The molecule has 0 spiro atoms. The van der Waals surface area contributed by atoms with Crippen molar-refractivity contribution in [1.82, 2.24) is 9.78 Å². The number of aliphatic carboxylic acids is 1. The van der Waals surface area contributed by atoms with Crippen LogP contribution in [-0.4, -0.2) is 20.9 Å². The normalized spacial score (nSPS) is 10.6. The molecule has 0 radical (unpaired) electrons. The molecular formula is C12H10BrFN2O2. The summed E-state index contributed by atoms with van der Waals surface area (Å²) >= 11 is 3.26. The van der Waals surface area contributed by atoms with Gasteiger partial charge in [-0.1, -0.05) is 15.9 Å². The van der Waals surface area contributed by atoms with Crippen LogP contribution in [0.1, 0.15) is 5.69 Å². The van der Waals surface area contributed by atoms with Crippen LogP contribution in [0.15, 0.2) is 28.7 Å². The van der Waals surface area contributed by atoms with Crippen molar-refractivity contribution in [3.8, 4) is 11.3 Å². The molecule has 0 amide bonds. The van der Waals surface area contributed by atoms with Crippen molar-refractivity contribution < 1.29 is 14.3 Å². The standard InChI is InChI=1S/C12H10BrFN2O2/c1-16-8(6-12(17)18)5-11(15-16)9-4-7(13)2-3-10(9)14/h2-5H,6H2,1H3,(H,17,18). The van der Waals surface area contributed by atoms with Crippen LogP contribution < -0.4 is 0 Å². The number of hydrogen-bond donors (Lipinski definition) is 1. The van der Waals surface area contributed by atoms with Crippen molar-refractivity contribution in [2.45, 2.75) is 6.42 Å². The molecule has 94 valence electrons. The lowest BCUT2D eigenvalue weighted by Crippen LogP contribution is -2.05. The smallest absolute Gasteiger partial charge is 0.309 e. The average Bonchev–Trinajstić information content (AvgIpc) is 2.63. The van der Waals surface area contributed by atoms with Crippen LogP contribution in [0.5, 0.6) is 0 Å². The largest absolute Gasteiger partial charge is 0.481 e. The maximum atomic E-state index is 13.7. The molecular weight excluding hydrogens is 303 g/mol. The van der Waals surface area contributed by atoms with E-state index in [1.807, 2.05) is 0 Å². The van der Waals surface area contributed by atoms with Crippen LogP contribution in [0.2, 0.25) is 0 Å². The Labute approximate surface area is 111 Å². The molecule has 0 unspecified atom stereocenters. The number of aromatic nitrogens is 2. The highest BCUT2D eigenvalue weighted by atomic mass is 79.9. The van der Waals surface area contributed by atoms with Gasteiger partial charge in [0.15, 0.2) is 0 Å². The predicted molar refractivity (Wildman–Crippen MR) is 67.6 cm³/mol. The van der Waals surface area contributed by atoms with E-state index in [4.69, 9.17) is 5.11 Å². The molecule has 1 N–H and O–H groups in total. The Morgan fingerprint density at radius 2 is 2.22 bits per heavy atom. The van der Waals surface area contributed by atoms with E-state index >= 15 is 0 Å². The molecule has 0 atom stereocenters. The fourth-order valence-corrected chi connectivity index (χ4v) is 2.01. The molecule has 1 aromatic carbocycles. The van der Waals surface area contributed by atoms with E-state index in [-0.39, 0.29) is 6.42 Å². The van der Waals surface area contributed by atoms with E-state index in [9.17, 15) is 9.18 Å². The van der Waals surface area contributed by atoms with Gasteiger partial charge in [0.05, 0.1) is 12.1 Å². The lowest BCUT2D eigenvalue weighted by Gasteiger charge is -1.99. The van der Waals surface area contributed by atoms with E-state index in [1.165, 1.54) is 10.7 Å². The van der Waals surface area contributed by atoms with E-state index in [0.29, 0.717) is 17.0 Å². The third-order valence-electron chi connectivity index (χ3n) is 2.51. The number of carbonyl (C=O) groups is 1. The highest BCUT2D eigenvalue weighted by Gasteiger charge is 2.13. The molecule has 0 saturated carbocycles. The van der Waals surface area contributed by atoms with Gasteiger partial charge in [-0.25, -0.2) is 4.39 Å². The van der Waals surface area contributed by atoms with Crippen LogP contribution in [-0.2, 0) is 18.3 Å². The fourth-order valence-electron chi connectivity index (χ4n) is 1.65. The monoisotopic (exact) mass is 312 g/mol. The first kappa shape index (κ1) is 12.8. The summed E-state index contributed by atoms with van der Waals surface area (Å²) in [6.07, 6.45) is -0.140. The lowest BCUT2D eigenvalue weighted by atomic mass is 10.1. The summed E-state index contributed by atoms with van der Waals surface area (Å²) in [6.45, 7) is 0. The van der Waals surface area contributed by atoms with Crippen molar-refractivity contribution in [2.24, 2.45) is 7.05 Å². The van der Waals surface area contributed by atoms with E-state index in [2.05, 4.69) is 21.0 Å². The van der Waals surface area contributed by atoms with Gasteiger partial charge in [-0.3, -0.25) is 9.48 Å². The first-order chi connectivity index (χ1) is 8.47. The Morgan fingerprint density at radius 1 is 1.50 bits per heavy atom. The Morgan fingerprint density at radius 3 is 2.89 bits per heavy atom. The van der Waals surface area contributed by atoms with Gasteiger partial charge in [-0.15, -0.1) is 0 Å². The predicted octanol–water partition coefficient (Wildman–Crippen LogP) is 2.62. The fraction of sp³-hybridized carbons (Fsp3) is 0.167. The molecule has 0 bridgehead atoms. The van der Waals surface area contributed by atoms with Crippen molar-refractivity contribution in [2.75, 3.05) is 0 Å². The quantitative estimate of drug-likeness (QED) is 0.948. The Bertz CT molecular complexity index is 610. The van der Waals surface area contributed by atoms with Gasteiger partial charge in [0.1, 0.15) is 5.82 Å². The minimum absolute atomic E-state index is 0.140. The second-order valence-electron chi connectivity index (χ2n) is 3.84. The number of hydrogen-bond acceptors (Lipinski definition) is 2. The summed E-state index contributed by atoms with van der Waals surface area (Å²) in [4.78, 5) is 10.7. The van der Waals surface area contributed by atoms with Gasteiger partial charge in [0, 0.05) is 22.8 Å². The number of benzene rings is 1. The average molecular weight is 313 g/mol. The lowest BCUT2D eigenvalue weighted by molar-refractivity contribution is -0.136. The highest BCUT2D eigenvalue weighted by Crippen LogP contribution is 2.25. The molecule has 4 nitrogen and oxygen atoms in total. The maximum Gasteiger partial charge on any atom is 0.309 e. The second-order valence-corrected chi connectivity index (χ2v) is 4.75. The third kappa shape index (κ3) is 2.59. The molecule has 0 aliphatic rings. The molecule has 0 aliphatic carbocycles. The third-order valence-corrected chi connectivity index (χ3v) is 3.01. The molecule has 1 aromatic heterocycles. The van der Waals surface area contributed by atoms with E-state index in [1.54, 1.807) is 25.2 Å². The summed E-state index contributed by atoms with van der Waals surface area (Å²) in [5.41, 5.74) is 1.29. The van der Waals surface area contributed by atoms with Crippen LogP contribution >= 0.6 is 15.9 Å². The van der Waals surface area contributed by atoms with Gasteiger partial charge >= 0.3 is 5.97 Å². The molecule has 2 rings (SSSR count). The minimum Gasteiger partial charge on any atom is -0.481 e. The Balaban J connectivity index is 2.45. The summed E-state index contributed by atoms with van der Waals surface area (Å²) in [6, 6.07) is 6.13. The number of carboxylic acid groups (broad SMARTS) is 1. The second kappa shape index (κ2) is 4.89. The first-order valence-corrected chi connectivity index (χ1v) is 5.97. The van der Waals surface area contributed by atoms with Crippen LogP contribution in [0.3, 0.4) is 0 Å². The number of halogens is 2. The zero-order valence-electron chi connectivity index (χ0n) is 9.52. The SMILES string of the molecule is Cn1nc(-c2cc(Br)ccc2F)cc1CC(=O)O. The van der Waals surface area contributed by atoms with Crippen LogP contribution in [0.4, 0.5) is 4.39 Å². The van der Waals surface area contributed by atoms with Gasteiger partial charge in [0.2, 0.25) is 0 Å². The van der Waals surface area contributed by atoms with Crippen LogP contribution in [0.25, 0.3) is 11.3 Å². The zero-order chi connectivity index (χ0) is 13.3. The molecule has 2 aromatic rings. The molecule has 0 aliphatic heterocycles. The Kier molecular flexibility index (Phi) is 3.47. The topological polar surface area (TPSA) is 55.1 Å². The summed E-state index contributed by atoms with van der Waals surface area (Å²) in [5, 5.41) is 12.9. The molecule has 18 heavy (non-hydrogen) atoms. The minimum atomic E-state index is -0.945. The van der Waals surface area contributed by atoms with E-state index in [0.717, 1.165) is 4.47 Å². The summed E-state index contributed by atoms with van der Waals surface area (Å²) < 4.78 is 15.9.